The fraction of sp³-hybridized carbons (Fsp3) is 0.273. The molecule has 0 atom stereocenters. The summed E-state index contributed by atoms with van der Waals surface area (Å²) in [6.45, 7) is 0.922. The molecule has 0 aliphatic heterocycles. The molecule has 0 radical (unpaired) electrons. The van der Waals surface area contributed by atoms with Gasteiger partial charge in [0, 0.05) is 6.54 Å². The molecular weight excluding hydrogens is 238 g/mol. The van der Waals surface area contributed by atoms with Crippen LogP contribution in [-0.2, 0) is 6.42 Å². The highest BCUT2D eigenvalue weighted by molar-refractivity contribution is 7.73. The van der Waals surface area contributed by atoms with Crippen molar-refractivity contribution in [2.45, 2.75) is 12.8 Å². The Morgan fingerprint density at radius 1 is 1.31 bits per heavy atom. The lowest BCUT2D eigenvalue weighted by molar-refractivity contribution is 0.858. The van der Waals surface area contributed by atoms with Crippen LogP contribution in [0, 0.1) is 3.95 Å². The van der Waals surface area contributed by atoms with Crippen LogP contribution in [0.25, 0.3) is 0 Å². The molecule has 0 saturated carbocycles. The monoisotopic (exact) mass is 251 g/mol. The van der Waals surface area contributed by atoms with Crippen LogP contribution in [0.1, 0.15) is 12.0 Å². The maximum atomic E-state index is 4.95. The summed E-state index contributed by atoms with van der Waals surface area (Å²) in [5, 5.41) is 10.9. The number of nitrogens with zero attached hydrogens (tertiary/aromatic N) is 1. The van der Waals surface area contributed by atoms with Crippen LogP contribution in [0.5, 0.6) is 0 Å². The highest BCUT2D eigenvalue weighted by Crippen LogP contribution is 2.10. The number of benzene rings is 1. The van der Waals surface area contributed by atoms with Crippen molar-refractivity contribution in [3.63, 3.8) is 0 Å². The number of hydrogen-bond donors (Lipinski definition) is 2. The second-order valence-corrected chi connectivity index (χ2v) is 5.10. The van der Waals surface area contributed by atoms with Gasteiger partial charge in [0.15, 0.2) is 3.95 Å². The predicted octanol–water partition coefficient (Wildman–Crippen LogP) is 3.25. The van der Waals surface area contributed by atoms with Gasteiger partial charge < -0.3 is 5.32 Å². The summed E-state index contributed by atoms with van der Waals surface area (Å²) in [6.07, 6.45) is 2.18. The molecule has 2 rings (SSSR count). The van der Waals surface area contributed by atoms with Gasteiger partial charge in [-0.1, -0.05) is 41.7 Å². The van der Waals surface area contributed by atoms with E-state index in [1.165, 1.54) is 16.9 Å². The molecule has 0 aliphatic rings. The van der Waals surface area contributed by atoms with E-state index in [0.717, 1.165) is 24.5 Å². The maximum absolute atomic E-state index is 4.95. The third kappa shape index (κ3) is 3.43. The minimum atomic E-state index is 0.713. The third-order valence-electron chi connectivity index (χ3n) is 2.20. The standard InChI is InChI=1S/C11H13N3S2/c15-11-14-13-10(16-11)12-8-4-7-9-5-2-1-3-6-9/h1-3,5-6H,4,7-8H2,(H,12,13)(H,14,15). The van der Waals surface area contributed by atoms with E-state index >= 15 is 0 Å². The lowest BCUT2D eigenvalue weighted by atomic mass is 10.1. The number of rotatable bonds is 5. The molecule has 3 nitrogen and oxygen atoms in total. The van der Waals surface area contributed by atoms with Crippen molar-refractivity contribution < 1.29 is 0 Å². The number of aromatic nitrogens is 2. The smallest absolute Gasteiger partial charge is 0.204 e. The molecule has 0 fully saturated rings. The fourth-order valence-electron chi connectivity index (χ4n) is 1.44. The van der Waals surface area contributed by atoms with Crippen molar-refractivity contribution in [2.75, 3.05) is 11.9 Å². The zero-order chi connectivity index (χ0) is 11.2. The zero-order valence-corrected chi connectivity index (χ0v) is 10.4. The van der Waals surface area contributed by atoms with Gasteiger partial charge in [-0.3, -0.25) is 5.10 Å². The molecule has 0 bridgehead atoms. The van der Waals surface area contributed by atoms with Gasteiger partial charge in [-0.25, -0.2) is 0 Å². The molecule has 1 heterocycles. The first-order valence-corrected chi connectivity index (χ1v) is 6.40. The zero-order valence-electron chi connectivity index (χ0n) is 8.77. The molecule has 0 aliphatic carbocycles. The number of aromatic amines is 1. The highest BCUT2D eigenvalue weighted by atomic mass is 32.1. The van der Waals surface area contributed by atoms with Gasteiger partial charge in [-0.2, -0.15) is 0 Å². The number of aryl methyl sites for hydroxylation is 1. The van der Waals surface area contributed by atoms with E-state index in [1.54, 1.807) is 0 Å². The number of H-pyrrole nitrogens is 1. The molecule has 1 aromatic carbocycles. The molecule has 1 aromatic heterocycles. The quantitative estimate of drug-likeness (QED) is 0.633. The van der Waals surface area contributed by atoms with Crippen molar-refractivity contribution >= 4 is 28.7 Å². The molecule has 84 valence electrons. The van der Waals surface area contributed by atoms with E-state index in [-0.39, 0.29) is 0 Å². The second kappa shape index (κ2) is 5.77. The molecule has 0 saturated heterocycles. The van der Waals surface area contributed by atoms with Gasteiger partial charge in [-0.05, 0) is 30.6 Å². The Morgan fingerprint density at radius 2 is 2.12 bits per heavy atom. The number of nitrogens with one attached hydrogen (secondary N) is 2. The molecule has 5 heteroatoms. The van der Waals surface area contributed by atoms with E-state index in [9.17, 15) is 0 Å². The first kappa shape index (κ1) is 11.3. The minimum absolute atomic E-state index is 0.713. The Labute approximate surface area is 104 Å². The number of hydrogen-bond acceptors (Lipinski definition) is 4. The highest BCUT2D eigenvalue weighted by Gasteiger charge is 1.96. The number of anilines is 1. The van der Waals surface area contributed by atoms with Crippen LogP contribution < -0.4 is 5.32 Å². The van der Waals surface area contributed by atoms with Crippen LogP contribution in [0.3, 0.4) is 0 Å². The SMILES string of the molecule is S=c1[nH]nc(NCCCc2ccccc2)s1. The van der Waals surface area contributed by atoms with Crippen LogP contribution in [-0.4, -0.2) is 16.7 Å². The fourth-order valence-corrected chi connectivity index (χ4v) is 2.25. The van der Waals surface area contributed by atoms with Crippen molar-refractivity contribution in [1.82, 2.24) is 10.2 Å². The van der Waals surface area contributed by atoms with Gasteiger partial charge in [0.25, 0.3) is 0 Å². The maximum Gasteiger partial charge on any atom is 0.204 e. The van der Waals surface area contributed by atoms with E-state index in [1.807, 2.05) is 6.07 Å². The average Bonchev–Trinajstić information content (AvgIpc) is 2.72. The molecule has 2 N–H and O–H groups in total. The van der Waals surface area contributed by atoms with Gasteiger partial charge in [-0.15, -0.1) is 5.10 Å². The second-order valence-electron chi connectivity index (χ2n) is 3.43. The lowest BCUT2D eigenvalue weighted by Gasteiger charge is -2.02. The molecule has 0 amide bonds. The summed E-state index contributed by atoms with van der Waals surface area (Å²) in [5.74, 6) is 0. The van der Waals surface area contributed by atoms with Crippen LogP contribution in [0.2, 0.25) is 0 Å². The topological polar surface area (TPSA) is 40.7 Å². The van der Waals surface area contributed by atoms with Crippen molar-refractivity contribution in [3.05, 3.63) is 39.8 Å². The van der Waals surface area contributed by atoms with E-state index in [2.05, 4.69) is 39.8 Å². The Kier molecular flexibility index (Phi) is 4.07. The molecule has 2 aromatic rings. The van der Waals surface area contributed by atoms with Gasteiger partial charge in [0.1, 0.15) is 0 Å². The van der Waals surface area contributed by atoms with Gasteiger partial charge >= 0.3 is 0 Å². The Hall–Kier alpha value is -1.20. The van der Waals surface area contributed by atoms with Crippen molar-refractivity contribution in [2.24, 2.45) is 0 Å². The van der Waals surface area contributed by atoms with Crippen molar-refractivity contribution in [3.8, 4) is 0 Å². The molecule has 16 heavy (non-hydrogen) atoms. The van der Waals surface area contributed by atoms with Crippen LogP contribution in [0.15, 0.2) is 30.3 Å². The van der Waals surface area contributed by atoms with Crippen LogP contribution >= 0.6 is 23.6 Å². The summed E-state index contributed by atoms with van der Waals surface area (Å²) >= 11 is 6.42. The third-order valence-corrected chi connectivity index (χ3v) is 3.25. The Bertz CT molecular complexity index is 475. The van der Waals surface area contributed by atoms with Crippen LogP contribution in [0.4, 0.5) is 5.13 Å². The minimum Gasteiger partial charge on any atom is -0.360 e. The van der Waals surface area contributed by atoms with E-state index in [0.29, 0.717) is 3.95 Å². The summed E-state index contributed by atoms with van der Waals surface area (Å²) in [4.78, 5) is 0. The van der Waals surface area contributed by atoms with Crippen molar-refractivity contribution in [1.29, 1.82) is 0 Å². The molecular formula is C11H13N3S2. The Morgan fingerprint density at radius 3 is 2.81 bits per heavy atom. The van der Waals surface area contributed by atoms with E-state index < -0.39 is 0 Å². The first-order valence-electron chi connectivity index (χ1n) is 5.18. The summed E-state index contributed by atoms with van der Waals surface area (Å²) < 4.78 is 0.713. The summed E-state index contributed by atoms with van der Waals surface area (Å²) in [5.41, 5.74) is 1.37. The normalized spacial score (nSPS) is 10.2. The predicted molar refractivity (Wildman–Crippen MR) is 70.6 cm³/mol. The molecule has 0 unspecified atom stereocenters. The molecule has 0 spiro atoms. The lowest BCUT2D eigenvalue weighted by Crippen LogP contribution is -2.02. The Balaban J connectivity index is 1.71. The average molecular weight is 251 g/mol. The van der Waals surface area contributed by atoms with Gasteiger partial charge in [0.05, 0.1) is 0 Å². The summed E-state index contributed by atoms with van der Waals surface area (Å²) in [7, 11) is 0. The van der Waals surface area contributed by atoms with Gasteiger partial charge in [0.2, 0.25) is 5.13 Å². The largest absolute Gasteiger partial charge is 0.360 e. The first-order chi connectivity index (χ1) is 7.84. The summed E-state index contributed by atoms with van der Waals surface area (Å²) in [6, 6.07) is 10.5. The van der Waals surface area contributed by atoms with E-state index in [4.69, 9.17) is 12.2 Å².